The Morgan fingerprint density at radius 2 is 1.71 bits per heavy atom. The molecule has 3 nitrogen and oxygen atoms in total. The van der Waals surface area contributed by atoms with Crippen LogP contribution in [0.25, 0.3) is 0 Å². The fraction of sp³-hybridized carbons (Fsp3) is 0.588. The molecule has 0 saturated heterocycles. The molecule has 0 aliphatic rings. The van der Waals surface area contributed by atoms with Crippen molar-refractivity contribution in [3.05, 3.63) is 35.4 Å². The van der Waals surface area contributed by atoms with E-state index in [9.17, 15) is 4.79 Å². The zero-order chi connectivity index (χ0) is 15.1. The molecule has 0 radical (unpaired) electrons. The normalized spacial score (nSPS) is 12.1. The molecule has 120 valence electrons. The molecule has 0 aliphatic carbocycles. The Labute approximate surface area is 135 Å². The second kappa shape index (κ2) is 9.80. The van der Waals surface area contributed by atoms with Gasteiger partial charge in [0.1, 0.15) is 6.61 Å². The summed E-state index contributed by atoms with van der Waals surface area (Å²) in [4.78, 5) is 13.9. The number of benzene rings is 1. The first-order valence-electron chi connectivity index (χ1n) is 7.30. The topological polar surface area (TPSA) is 29.5 Å². The fourth-order valence-corrected chi connectivity index (χ4v) is 2.00. The minimum absolute atomic E-state index is 0. The molecule has 4 heteroatoms. The molecule has 1 aromatic rings. The van der Waals surface area contributed by atoms with E-state index in [0.29, 0.717) is 12.5 Å². The lowest BCUT2D eigenvalue weighted by Gasteiger charge is -2.14. The third-order valence-corrected chi connectivity index (χ3v) is 3.26. The summed E-state index contributed by atoms with van der Waals surface area (Å²) >= 11 is 0. The minimum atomic E-state index is -0.203. The van der Waals surface area contributed by atoms with E-state index in [0.717, 1.165) is 18.5 Å². The minimum Gasteiger partial charge on any atom is -0.464 e. The van der Waals surface area contributed by atoms with Gasteiger partial charge in [-0.1, -0.05) is 38.1 Å². The maximum absolute atomic E-state index is 11.9. The number of nitrogens with zero attached hydrogens (tertiary/aromatic N) is 1. The van der Waals surface area contributed by atoms with E-state index in [1.807, 2.05) is 38.1 Å². The van der Waals surface area contributed by atoms with Crippen LogP contribution in [0.1, 0.15) is 37.8 Å². The van der Waals surface area contributed by atoms with Gasteiger partial charge in [0.05, 0.1) is 5.92 Å². The van der Waals surface area contributed by atoms with Gasteiger partial charge in [-0.3, -0.25) is 4.79 Å². The van der Waals surface area contributed by atoms with Crippen molar-refractivity contribution < 1.29 is 9.53 Å². The number of hydrogen-bond acceptors (Lipinski definition) is 3. The second-order valence-corrected chi connectivity index (χ2v) is 6.03. The van der Waals surface area contributed by atoms with Gasteiger partial charge in [0, 0.05) is 6.54 Å². The van der Waals surface area contributed by atoms with Crippen LogP contribution < -0.4 is 0 Å². The van der Waals surface area contributed by atoms with Crippen LogP contribution >= 0.6 is 12.4 Å². The molecular formula is C17H28ClNO2. The number of ether oxygens (including phenoxy) is 1. The fourth-order valence-electron chi connectivity index (χ4n) is 2.00. The van der Waals surface area contributed by atoms with Crippen LogP contribution in [0, 0.1) is 5.92 Å². The summed E-state index contributed by atoms with van der Waals surface area (Å²) in [6.07, 6.45) is 1.07. The molecule has 1 rings (SSSR count). The molecule has 0 spiro atoms. The first kappa shape index (κ1) is 19.9. The van der Waals surface area contributed by atoms with E-state index < -0.39 is 0 Å². The van der Waals surface area contributed by atoms with Gasteiger partial charge in [-0.15, -0.1) is 12.4 Å². The quantitative estimate of drug-likeness (QED) is 0.721. The van der Waals surface area contributed by atoms with Gasteiger partial charge in [0.25, 0.3) is 0 Å². The highest BCUT2D eigenvalue weighted by molar-refractivity contribution is 5.85. The summed E-state index contributed by atoms with van der Waals surface area (Å²) in [6.45, 7) is 7.51. The van der Waals surface area contributed by atoms with E-state index in [-0.39, 0.29) is 24.3 Å². The van der Waals surface area contributed by atoms with E-state index in [1.165, 1.54) is 5.56 Å². The third kappa shape index (κ3) is 7.49. The van der Waals surface area contributed by atoms with Crippen molar-refractivity contribution in [1.82, 2.24) is 4.90 Å². The van der Waals surface area contributed by atoms with Gasteiger partial charge in [-0.25, -0.2) is 0 Å². The van der Waals surface area contributed by atoms with Gasteiger partial charge in [-0.2, -0.15) is 0 Å². The molecule has 0 heterocycles. The van der Waals surface area contributed by atoms with Crippen LogP contribution in [0.4, 0.5) is 0 Å². The van der Waals surface area contributed by atoms with Crippen LogP contribution in [0.5, 0.6) is 0 Å². The molecule has 0 N–H and O–H groups in total. The SMILES string of the molecule is CC(C)Cc1ccc(C(C)C(=O)OCCN(C)C)cc1.Cl. The molecule has 0 aliphatic heterocycles. The van der Waals surface area contributed by atoms with Gasteiger partial charge < -0.3 is 9.64 Å². The Hall–Kier alpha value is -1.06. The number of likely N-dealkylation sites (N-methyl/N-ethyl adjacent to an activating group) is 1. The highest BCUT2D eigenvalue weighted by Gasteiger charge is 2.16. The molecule has 21 heavy (non-hydrogen) atoms. The predicted molar refractivity (Wildman–Crippen MR) is 90.2 cm³/mol. The number of carbonyl (C=O) groups is 1. The van der Waals surface area contributed by atoms with Gasteiger partial charge in [-0.05, 0) is 44.5 Å². The molecule has 1 unspecified atom stereocenters. The predicted octanol–water partition coefficient (Wildman–Crippen LogP) is 3.52. The Bertz CT molecular complexity index is 415. The smallest absolute Gasteiger partial charge is 0.313 e. The van der Waals surface area contributed by atoms with Crippen molar-refractivity contribution in [2.45, 2.75) is 33.1 Å². The lowest BCUT2D eigenvalue weighted by Crippen LogP contribution is -2.22. The third-order valence-electron chi connectivity index (χ3n) is 3.26. The molecule has 1 atom stereocenters. The maximum Gasteiger partial charge on any atom is 0.313 e. The molecular weight excluding hydrogens is 286 g/mol. The lowest BCUT2D eigenvalue weighted by molar-refractivity contribution is -0.145. The van der Waals surface area contributed by atoms with Crippen LogP contribution in [-0.4, -0.2) is 38.1 Å². The summed E-state index contributed by atoms with van der Waals surface area (Å²) < 4.78 is 5.28. The summed E-state index contributed by atoms with van der Waals surface area (Å²) in [5, 5.41) is 0. The first-order valence-corrected chi connectivity index (χ1v) is 7.30. The van der Waals surface area contributed by atoms with Crippen molar-refractivity contribution in [3.63, 3.8) is 0 Å². The molecule has 0 aromatic heterocycles. The van der Waals surface area contributed by atoms with Gasteiger partial charge >= 0.3 is 5.97 Å². The van der Waals surface area contributed by atoms with Crippen LogP contribution in [0.15, 0.2) is 24.3 Å². The number of hydrogen-bond donors (Lipinski definition) is 0. The Morgan fingerprint density at radius 3 is 2.19 bits per heavy atom. The number of esters is 1. The van der Waals surface area contributed by atoms with Crippen molar-refractivity contribution in [1.29, 1.82) is 0 Å². The van der Waals surface area contributed by atoms with E-state index >= 15 is 0 Å². The maximum atomic E-state index is 11.9. The largest absolute Gasteiger partial charge is 0.464 e. The van der Waals surface area contributed by atoms with Crippen LogP contribution in [0.2, 0.25) is 0 Å². The van der Waals surface area contributed by atoms with Gasteiger partial charge in [0.2, 0.25) is 0 Å². The van der Waals surface area contributed by atoms with Crippen LogP contribution in [0.3, 0.4) is 0 Å². The zero-order valence-electron chi connectivity index (χ0n) is 13.8. The Balaban J connectivity index is 0.00000400. The molecule has 1 aromatic carbocycles. The van der Waals surface area contributed by atoms with E-state index in [4.69, 9.17) is 4.74 Å². The molecule has 0 saturated carbocycles. The van der Waals surface area contributed by atoms with E-state index in [1.54, 1.807) is 0 Å². The standard InChI is InChI=1S/C17H27NO2.ClH/c1-13(2)12-15-6-8-16(9-7-15)14(3)17(19)20-11-10-18(4)5;/h6-9,13-14H,10-12H2,1-5H3;1H. The summed E-state index contributed by atoms with van der Waals surface area (Å²) in [5.41, 5.74) is 2.34. The zero-order valence-corrected chi connectivity index (χ0v) is 14.6. The second-order valence-electron chi connectivity index (χ2n) is 6.03. The number of carbonyl (C=O) groups excluding carboxylic acids is 1. The average molecular weight is 314 g/mol. The Kier molecular flexibility index (Phi) is 9.31. The van der Waals surface area contributed by atoms with Crippen molar-refractivity contribution in [3.8, 4) is 0 Å². The monoisotopic (exact) mass is 313 g/mol. The lowest BCUT2D eigenvalue weighted by atomic mass is 9.97. The van der Waals surface area contributed by atoms with Crippen molar-refractivity contribution in [2.24, 2.45) is 5.92 Å². The molecule has 0 fully saturated rings. The highest BCUT2D eigenvalue weighted by atomic mass is 35.5. The van der Waals surface area contributed by atoms with Crippen molar-refractivity contribution >= 4 is 18.4 Å². The number of halogens is 1. The molecule has 0 amide bonds. The van der Waals surface area contributed by atoms with E-state index in [2.05, 4.69) is 26.0 Å². The summed E-state index contributed by atoms with van der Waals surface area (Å²) in [7, 11) is 3.93. The van der Waals surface area contributed by atoms with Gasteiger partial charge in [0.15, 0.2) is 0 Å². The highest BCUT2D eigenvalue weighted by Crippen LogP contribution is 2.18. The van der Waals surface area contributed by atoms with Crippen molar-refractivity contribution in [2.75, 3.05) is 27.2 Å². The summed E-state index contributed by atoms with van der Waals surface area (Å²) in [5.74, 6) is 0.294. The Morgan fingerprint density at radius 1 is 1.14 bits per heavy atom. The summed E-state index contributed by atoms with van der Waals surface area (Å²) in [6, 6.07) is 8.29. The van der Waals surface area contributed by atoms with Crippen LogP contribution in [-0.2, 0) is 16.0 Å². The molecule has 0 bridgehead atoms. The average Bonchev–Trinajstić information content (AvgIpc) is 2.37. The first-order chi connectivity index (χ1) is 9.40. The number of rotatable bonds is 7.